The summed E-state index contributed by atoms with van der Waals surface area (Å²) in [5.41, 5.74) is 0.429. The van der Waals surface area contributed by atoms with Crippen molar-refractivity contribution in [3.05, 3.63) is 0 Å². The molecule has 2 heteroatoms. The molecule has 2 nitrogen and oxygen atoms in total. The van der Waals surface area contributed by atoms with Crippen molar-refractivity contribution >= 4 is 0 Å². The molecule has 0 heterocycles. The second-order valence-electron chi connectivity index (χ2n) is 8.62. The zero-order valence-corrected chi connectivity index (χ0v) is 15.0. The van der Waals surface area contributed by atoms with E-state index in [1.54, 1.807) is 0 Å². The van der Waals surface area contributed by atoms with Gasteiger partial charge in [0, 0.05) is 18.6 Å². The molecule has 1 rings (SSSR count). The van der Waals surface area contributed by atoms with E-state index in [-0.39, 0.29) is 0 Å². The minimum absolute atomic E-state index is 0.429. The molecule has 0 amide bonds. The number of likely N-dealkylation sites (N-methyl/N-ethyl adjacent to an activating group) is 1. The maximum atomic E-state index is 4.03. The van der Waals surface area contributed by atoms with Crippen LogP contribution < -0.4 is 5.32 Å². The summed E-state index contributed by atoms with van der Waals surface area (Å²) in [5, 5.41) is 4.03. The molecule has 1 saturated carbocycles. The first kappa shape index (κ1) is 18.0. The van der Waals surface area contributed by atoms with Crippen molar-refractivity contribution in [3.8, 4) is 0 Å². The number of rotatable bonds is 6. The van der Waals surface area contributed by atoms with Crippen molar-refractivity contribution in [1.29, 1.82) is 0 Å². The molecule has 0 aromatic carbocycles. The predicted molar refractivity (Wildman–Crippen MR) is 90.1 cm³/mol. The Bertz CT molecular complexity index is 255. The van der Waals surface area contributed by atoms with Gasteiger partial charge in [-0.15, -0.1) is 0 Å². The Morgan fingerprint density at radius 1 is 1.10 bits per heavy atom. The molecular formula is C18H38N2. The highest BCUT2D eigenvalue weighted by atomic mass is 15.1. The summed E-state index contributed by atoms with van der Waals surface area (Å²) in [6, 6.07) is 1.35. The van der Waals surface area contributed by atoms with Crippen LogP contribution >= 0.6 is 0 Å². The van der Waals surface area contributed by atoms with E-state index in [1.807, 2.05) is 0 Å². The molecule has 0 bridgehead atoms. The Morgan fingerprint density at radius 3 is 2.20 bits per heavy atom. The molecular weight excluding hydrogens is 244 g/mol. The maximum Gasteiger partial charge on any atom is 0.0199 e. The van der Waals surface area contributed by atoms with Gasteiger partial charge in [0.05, 0.1) is 0 Å². The van der Waals surface area contributed by atoms with Crippen molar-refractivity contribution < 1.29 is 0 Å². The van der Waals surface area contributed by atoms with Crippen molar-refractivity contribution in [3.63, 3.8) is 0 Å². The number of hydrogen-bond donors (Lipinski definition) is 1. The van der Waals surface area contributed by atoms with Crippen LogP contribution in [-0.2, 0) is 0 Å². The molecule has 0 spiro atoms. The van der Waals surface area contributed by atoms with E-state index in [4.69, 9.17) is 0 Å². The monoisotopic (exact) mass is 282 g/mol. The smallest absolute Gasteiger partial charge is 0.0199 e. The van der Waals surface area contributed by atoms with Crippen LogP contribution in [-0.4, -0.2) is 37.6 Å². The lowest BCUT2D eigenvalue weighted by Crippen LogP contribution is -2.51. The highest BCUT2D eigenvalue weighted by Crippen LogP contribution is 2.38. The van der Waals surface area contributed by atoms with E-state index < -0.39 is 0 Å². The topological polar surface area (TPSA) is 15.3 Å². The first-order valence-corrected chi connectivity index (χ1v) is 8.61. The molecule has 3 atom stereocenters. The van der Waals surface area contributed by atoms with Crippen LogP contribution in [0.5, 0.6) is 0 Å². The van der Waals surface area contributed by atoms with Crippen LogP contribution in [0.15, 0.2) is 0 Å². The van der Waals surface area contributed by atoms with Gasteiger partial charge in [0.2, 0.25) is 0 Å². The molecule has 1 aliphatic carbocycles. The third-order valence-electron chi connectivity index (χ3n) is 4.67. The largest absolute Gasteiger partial charge is 0.310 e. The molecule has 120 valence electrons. The first-order valence-electron chi connectivity index (χ1n) is 8.61. The molecule has 1 aliphatic rings. The maximum absolute atomic E-state index is 4.03. The Labute approximate surface area is 127 Å². The normalized spacial score (nSPS) is 26.2. The van der Waals surface area contributed by atoms with Crippen LogP contribution in [0, 0.1) is 17.3 Å². The summed E-state index contributed by atoms with van der Waals surface area (Å²) in [6.45, 7) is 13.1. The fourth-order valence-electron chi connectivity index (χ4n) is 3.87. The van der Waals surface area contributed by atoms with Crippen LogP contribution in [0.1, 0.15) is 66.7 Å². The fourth-order valence-corrected chi connectivity index (χ4v) is 3.87. The minimum Gasteiger partial charge on any atom is -0.310 e. The summed E-state index contributed by atoms with van der Waals surface area (Å²) < 4.78 is 0. The van der Waals surface area contributed by atoms with Gasteiger partial charge in [-0.05, 0) is 50.6 Å². The average molecular weight is 283 g/mol. The summed E-state index contributed by atoms with van der Waals surface area (Å²) in [5.74, 6) is 1.59. The zero-order valence-electron chi connectivity index (χ0n) is 15.0. The van der Waals surface area contributed by atoms with Gasteiger partial charge in [-0.3, -0.25) is 0 Å². The molecule has 0 aliphatic heterocycles. The summed E-state index contributed by atoms with van der Waals surface area (Å²) in [7, 11) is 4.38. The molecule has 1 N–H and O–H groups in total. The van der Waals surface area contributed by atoms with Crippen LogP contribution in [0.2, 0.25) is 0 Å². The lowest BCUT2D eigenvalue weighted by atomic mass is 9.69. The quantitative estimate of drug-likeness (QED) is 0.787. The van der Waals surface area contributed by atoms with Crippen molar-refractivity contribution in [1.82, 2.24) is 10.2 Å². The van der Waals surface area contributed by atoms with Crippen LogP contribution in [0.4, 0.5) is 0 Å². The van der Waals surface area contributed by atoms with Crippen molar-refractivity contribution in [2.75, 3.05) is 20.6 Å². The van der Waals surface area contributed by atoms with Gasteiger partial charge < -0.3 is 10.2 Å². The van der Waals surface area contributed by atoms with Gasteiger partial charge in [-0.25, -0.2) is 0 Å². The lowest BCUT2D eigenvalue weighted by molar-refractivity contribution is 0.115. The fraction of sp³-hybridized carbons (Fsp3) is 1.00. The highest BCUT2D eigenvalue weighted by Gasteiger charge is 2.35. The number of nitrogens with zero attached hydrogens (tertiary/aromatic N) is 1. The Balaban J connectivity index is 2.68. The van der Waals surface area contributed by atoms with E-state index in [1.165, 1.54) is 32.1 Å². The summed E-state index contributed by atoms with van der Waals surface area (Å²) >= 11 is 0. The lowest BCUT2D eigenvalue weighted by Gasteiger charge is -2.43. The van der Waals surface area contributed by atoms with Gasteiger partial charge in [-0.1, -0.05) is 47.5 Å². The van der Waals surface area contributed by atoms with Crippen LogP contribution in [0.25, 0.3) is 0 Å². The van der Waals surface area contributed by atoms with Gasteiger partial charge >= 0.3 is 0 Å². The molecule has 0 radical (unpaired) electrons. The van der Waals surface area contributed by atoms with Gasteiger partial charge in [0.1, 0.15) is 0 Å². The summed E-state index contributed by atoms with van der Waals surface area (Å²) in [4.78, 5) is 2.33. The van der Waals surface area contributed by atoms with Crippen LogP contribution in [0.3, 0.4) is 0 Å². The second kappa shape index (κ2) is 7.79. The SMILES string of the molecule is CC(C)CC(CN(C)C)NC1CCCCC1C(C)(C)C. The molecule has 0 aromatic heterocycles. The molecule has 20 heavy (non-hydrogen) atoms. The van der Waals surface area contributed by atoms with E-state index in [0.717, 1.165) is 18.4 Å². The predicted octanol–water partition coefficient (Wildman–Crippen LogP) is 4.16. The van der Waals surface area contributed by atoms with Gasteiger partial charge in [0.25, 0.3) is 0 Å². The average Bonchev–Trinajstić information content (AvgIpc) is 2.26. The molecule has 1 fully saturated rings. The number of hydrogen-bond acceptors (Lipinski definition) is 2. The standard InChI is InChI=1S/C18H38N2/c1-14(2)12-15(13-20(6)7)19-17-11-9-8-10-16(17)18(3,4)5/h14-17,19H,8-13H2,1-7H3. The Hall–Kier alpha value is -0.0800. The second-order valence-corrected chi connectivity index (χ2v) is 8.62. The van der Waals surface area contributed by atoms with Crippen molar-refractivity contribution in [2.24, 2.45) is 17.3 Å². The third-order valence-corrected chi connectivity index (χ3v) is 4.67. The molecule has 3 unspecified atom stereocenters. The molecule has 0 saturated heterocycles. The molecule has 0 aromatic rings. The third kappa shape index (κ3) is 6.13. The summed E-state index contributed by atoms with van der Waals surface area (Å²) in [6.07, 6.45) is 6.87. The van der Waals surface area contributed by atoms with E-state index in [9.17, 15) is 0 Å². The number of nitrogens with one attached hydrogen (secondary N) is 1. The van der Waals surface area contributed by atoms with Gasteiger partial charge in [0.15, 0.2) is 0 Å². The highest BCUT2D eigenvalue weighted by molar-refractivity contribution is 4.90. The Morgan fingerprint density at radius 2 is 1.70 bits per heavy atom. The van der Waals surface area contributed by atoms with E-state index in [0.29, 0.717) is 17.5 Å². The first-order chi connectivity index (χ1) is 9.20. The minimum atomic E-state index is 0.429. The van der Waals surface area contributed by atoms with E-state index in [2.05, 4.69) is 58.9 Å². The van der Waals surface area contributed by atoms with Gasteiger partial charge in [-0.2, -0.15) is 0 Å². The Kier molecular flexibility index (Phi) is 7.00. The zero-order chi connectivity index (χ0) is 15.3. The van der Waals surface area contributed by atoms with E-state index >= 15 is 0 Å². The van der Waals surface area contributed by atoms with Crippen molar-refractivity contribution in [2.45, 2.75) is 78.8 Å².